The largest absolute Gasteiger partial charge is 0.277 e. The Bertz CT molecular complexity index is 813. The first-order valence-corrected chi connectivity index (χ1v) is 7.36. The number of hydrogen-bond donors (Lipinski definition) is 0. The van der Waals surface area contributed by atoms with E-state index in [1.165, 1.54) is 0 Å². The van der Waals surface area contributed by atoms with Crippen LogP contribution in [-0.4, -0.2) is 11.8 Å². The number of carbonyl (C=O) groups is 2. The minimum atomic E-state index is -0.532. The summed E-state index contributed by atoms with van der Waals surface area (Å²) in [5, 5.41) is 0.376. The van der Waals surface area contributed by atoms with Crippen molar-refractivity contribution in [3.05, 3.63) is 69.7 Å². The minimum Gasteiger partial charge on any atom is -0.268 e. The van der Waals surface area contributed by atoms with Crippen LogP contribution in [0.1, 0.15) is 11.1 Å². The van der Waals surface area contributed by atoms with Gasteiger partial charge in [-0.1, -0.05) is 59.6 Å². The number of imide groups is 1. The molecule has 0 N–H and O–H groups in total. The Morgan fingerprint density at radius 3 is 2.27 bits per heavy atom. The third-order valence-electron chi connectivity index (χ3n) is 3.50. The van der Waals surface area contributed by atoms with Crippen LogP contribution in [0.3, 0.4) is 0 Å². The van der Waals surface area contributed by atoms with Gasteiger partial charge >= 0.3 is 0 Å². The molecule has 1 aliphatic rings. The van der Waals surface area contributed by atoms with Crippen LogP contribution in [0.15, 0.2) is 53.6 Å². The predicted molar refractivity (Wildman–Crippen MR) is 87.9 cm³/mol. The molecular formula is C17H11Cl2NO2. The summed E-state index contributed by atoms with van der Waals surface area (Å²) in [7, 11) is 0. The number of nitrogens with zero attached hydrogens (tertiary/aromatic N) is 1. The summed E-state index contributed by atoms with van der Waals surface area (Å²) < 4.78 is 0. The highest BCUT2D eigenvalue weighted by molar-refractivity contribution is 6.60. The number of carbonyl (C=O) groups excluding carboxylic acids is 2. The monoisotopic (exact) mass is 331 g/mol. The molecular weight excluding hydrogens is 321 g/mol. The highest BCUT2D eigenvalue weighted by atomic mass is 35.5. The number of hydrogen-bond acceptors (Lipinski definition) is 2. The second kappa shape index (κ2) is 5.59. The summed E-state index contributed by atoms with van der Waals surface area (Å²) in [6, 6.07) is 14.0. The van der Waals surface area contributed by atoms with Gasteiger partial charge in [-0.05, 0) is 30.2 Å². The van der Waals surface area contributed by atoms with Gasteiger partial charge in [0.25, 0.3) is 11.8 Å². The van der Waals surface area contributed by atoms with Crippen molar-refractivity contribution in [2.75, 3.05) is 4.90 Å². The van der Waals surface area contributed by atoms with Gasteiger partial charge in [-0.15, -0.1) is 0 Å². The summed E-state index contributed by atoms with van der Waals surface area (Å²) in [5.41, 5.74) is 2.05. The lowest BCUT2D eigenvalue weighted by atomic mass is 10.1. The van der Waals surface area contributed by atoms with E-state index in [1.54, 1.807) is 49.4 Å². The maximum atomic E-state index is 12.7. The topological polar surface area (TPSA) is 37.4 Å². The van der Waals surface area contributed by atoms with Gasteiger partial charge in [0.15, 0.2) is 0 Å². The molecule has 2 aromatic rings. The van der Waals surface area contributed by atoms with Crippen LogP contribution in [-0.2, 0) is 9.59 Å². The molecule has 0 fully saturated rings. The third kappa shape index (κ3) is 2.32. The molecule has 0 spiro atoms. The molecule has 3 nitrogen and oxygen atoms in total. The van der Waals surface area contributed by atoms with Crippen molar-refractivity contribution in [1.29, 1.82) is 0 Å². The van der Waals surface area contributed by atoms with Crippen LogP contribution < -0.4 is 4.90 Å². The van der Waals surface area contributed by atoms with E-state index in [0.717, 1.165) is 10.5 Å². The van der Waals surface area contributed by atoms with Crippen LogP contribution in [0.5, 0.6) is 0 Å². The zero-order valence-electron chi connectivity index (χ0n) is 11.6. The van der Waals surface area contributed by atoms with Crippen LogP contribution in [0, 0.1) is 6.92 Å². The highest BCUT2D eigenvalue weighted by Crippen LogP contribution is 2.36. The fraction of sp³-hybridized carbons (Fsp3) is 0.0588. The summed E-state index contributed by atoms with van der Waals surface area (Å²) in [5.74, 6) is -0.970. The van der Waals surface area contributed by atoms with Gasteiger partial charge in [0.2, 0.25) is 0 Å². The lowest BCUT2D eigenvalue weighted by Crippen LogP contribution is -2.31. The van der Waals surface area contributed by atoms with E-state index in [-0.39, 0.29) is 10.6 Å². The van der Waals surface area contributed by atoms with E-state index >= 15 is 0 Å². The van der Waals surface area contributed by atoms with Crippen molar-refractivity contribution < 1.29 is 9.59 Å². The average molecular weight is 332 g/mol. The third-order valence-corrected chi connectivity index (χ3v) is 4.09. The van der Waals surface area contributed by atoms with Crippen molar-refractivity contribution in [3.63, 3.8) is 0 Å². The lowest BCUT2D eigenvalue weighted by Gasteiger charge is -2.17. The molecule has 0 atom stereocenters. The Morgan fingerprint density at radius 1 is 0.909 bits per heavy atom. The van der Waals surface area contributed by atoms with Crippen LogP contribution in [0.2, 0.25) is 5.02 Å². The molecule has 1 heterocycles. The summed E-state index contributed by atoms with van der Waals surface area (Å²) >= 11 is 12.1. The molecule has 5 heteroatoms. The van der Waals surface area contributed by atoms with E-state index < -0.39 is 11.8 Å². The van der Waals surface area contributed by atoms with E-state index in [9.17, 15) is 9.59 Å². The summed E-state index contributed by atoms with van der Waals surface area (Å²) in [6.45, 7) is 1.81. The Kier molecular flexibility index (Phi) is 3.77. The van der Waals surface area contributed by atoms with E-state index in [0.29, 0.717) is 16.3 Å². The lowest BCUT2D eigenvalue weighted by molar-refractivity contribution is -0.119. The van der Waals surface area contributed by atoms with Crippen LogP contribution >= 0.6 is 23.2 Å². The Hall–Kier alpha value is -2.10. The normalized spacial score (nSPS) is 15.0. The van der Waals surface area contributed by atoms with Crippen molar-refractivity contribution in [3.8, 4) is 0 Å². The first-order valence-electron chi connectivity index (χ1n) is 6.61. The maximum absolute atomic E-state index is 12.7. The van der Waals surface area contributed by atoms with E-state index in [4.69, 9.17) is 23.2 Å². The van der Waals surface area contributed by atoms with E-state index in [2.05, 4.69) is 0 Å². The van der Waals surface area contributed by atoms with Crippen molar-refractivity contribution >= 4 is 46.3 Å². The van der Waals surface area contributed by atoms with Gasteiger partial charge in [-0.3, -0.25) is 9.59 Å². The molecule has 2 amide bonds. The summed E-state index contributed by atoms with van der Waals surface area (Å²) in [4.78, 5) is 26.2. The van der Waals surface area contributed by atoms with Gasteiger partial charge in [0.05, 0.1) is 11.3 Å². The van der Waals surface area contributed by atoms with Crippen molar-refractivity contribution in [1.82, 2.24) is 0 Å². The first-order chi connectivity index (χ1) is 10.5. The fourth-order valence-electron chi connectivity index (χ4n) is 2.40. The first kappa shape index (κ1) is 14.8. The van der Waals surface area contributed by atoms with Gasteiger partial charge in [-0.25, -0.2) is 4.90 Å². The van der Waals surface area contributed by atoms with Gasteiger partial charge in [0.1, 0.15) is 5.03 Å². The number of benzene rings is 2. The molecule has 0 saturated heterocycles. The molecule has 0 radical (unpaired) electrons. The number of aryl methyl sites for hydroxylation is 1. The van der Waals surface area contributed by atoms with Crippen molar-refractivity contribution in [2.45, 2.75) is 6.92 Å². The van der Waals surface area contributed by atoms with Gasteiger partial charge in [0, 0.05) is 5.02 Å². The average Bonchev–Trinajstić information content (AvgIpc) is 2.73. The Morgan fingerprint density at radius 2 is 1.59 bits per heavy atom. The van der Waals surface area contributed by atoms with Crippen LogP contribution in [0.4, 0.5) is 5.69 Å². The molecule has 1 aliphatic heterocycles. The predicted octanol–water partition coefficient (Wildman–Crippen LogP) is 4.17. The van der Waals surface area contributed by atoms with Crippen molar-refractivity contribution in [2.24, 2.45) is 0 Å². The molecule has 110 valence electrons. The zero-order valence-corrected chi connectivity index (χ0v) is 13.2. The Balaban J connectivity index is 2.11. The molecule has 3 rings (SSSR count). The number of halogens is 2. The smallest absolute Gasteiger partial charge is 0.268 e. The molecule has 0 unspecified atom stereocenters. The minimum absolute atomic E-state index is 0.0735. The number of amides is 2. The molecule has 0 bridgehead atoms. The second-order valence-electron chi connectivity index (χ2n) is 4.93. The standard InChI is InChI=1S/C17H11Cl2NO2/c1-10-7-8-12(18)9-13(10)20-16(21)14(15(19)17(20)22)11-5-3-2-4-6-11/h2-9H,1H3. The molecule has 0 aromatic heterocycles. The number of anilines is 1. The molecule has 0 saturated carbocycles. The van der Waals surface area contributed by atoms with Gasteiger partial charge in [-0.2, -0.15) is 0 Å². The maximum Gasteiger partial charge on any atom is 0.277 e. The SMILES string of the molecule is Cc1ccc(Cl)cc1N1C(=O)C(Cl)=C(c2ccccc2)C1=O. The van der Waals surface area contributed by atoms with E-state index in [1.807, 2.05) is 6.07 Å². The Labute approximate surface area is 137 Å². The zero-order chi connectivity index (χ0) is 15.9. The van der Waals surface area contributed by atoms with Crippen LogP contribution in [0.25, 0.3) is 5.57 Å². The molecule has 22 heavy (non-hydrogen) atoms. The molecule has 2 aromatic carbocycles. The quantitative estimate of drug-likeness (QED) is 0.774. The number of rotatable bonds is 2. The highest BCUT2D eigenvalue weighted by Gasteiger charge is 2.39. The fourth-order valence-corrected chi connectivity index (χ4v) is 2.84. The van der Waals surface area contributed by atoms with Gasteiger partial charge < -0.3 is 0 Å². The molecule has 0 aliphatic carbocycles. The summed E-state index contributed by atoms with van der Waals surface area (Å²) in [6.07, 6.45) is 0. The second-order valence-corrected chi connectivity index (χ2v) is 5.75.